The molecule has 0 aliphatic heterocycles. The first kappa shape index (κ1) is 15.2. The van der Waals surface area contributed by atoms with Crippen LogP contribution < -0.4 is 5.32 Å². The number of rotatable bonds is 5. The van der Waals surface area contributed by atoms with Crippen molar-refractivity contribution in [1.82, 2.24) is 10.3 Å². The van der Waals surface area contributed by atoms with E-state index >= 15 is 0 Å². The van der Waals surface area contributed by atoms with Gasteiger partial charge in [-0.15, -0.1) is 11.3 Å². The number of carbonyl (C=O) groups excluding carboxylic acids is 1. The topological polar surface area (TPSA) is 79.3 Å². The second-order valence-corrected chi connectivity index (χ2v) is 5.96. The lowest BCUT2D eigenvalue weighted by Crippen LogP contribution is -2.44. The third kappa shape index (κ3) is 3.66. The van der Waals surface area contributed by atoms with Gasteiger partial charge in [-0.2, -0.15) is 0 Å². The van der Waals surface area contributed by atoms with Crippen molar-refractivity contribution in [2.45, 2.75) is 19.9 Å². The minimum Gasteiger partial charge on any atom is -0.480 e. The van der Waals surface area contributed by atoms with Crippen molar-refractivity contribution in [3.63, 3.8) is 0 Å². The largest absolute Gasteiger partial charge is 0.480 e. The molecule has 0 aliphatic rings. The maximum Gasteiger partial charge on any atom is 0.326 e. The Bertz CT molecular complexity index is 637. The van der Waals surface area contributed by atoms with Gasteiger partial charge >= 0.3 is 5.97 Å². The van der Waals surface area contributed by atoms with Crippen LogP contribution in [0.2, 0.25) is 0 Å². The minimum absolute atomic E-state index is 0.187. The van der Waals surface area contributed by atoms with Gasteiger partial charge in [-0.3, -0.25) is 4.79 Å². The molecule has 0 fully saturated rings. The number of benzene rings is 1. The number of thiazole rings is 1. The molecule has 1 heterocycles. The van der Waals surface area contributed by atoms with Crippen molar-refractivity contribution in [1.29, 1.82) is 0 Å². The SMILES string of the molecule is CC(C)C(NC(=O)c1cnc(-c2ccccc2)s1)C(=O)O. The van der Waals surface area contributed by atoms with Gasteiger partial charge in [0.05, 0.1) is 6.20 Å². The van der Waals surface area contributed by atoms with Crippen molar-refractivity contribution in [2.75, 3.05) is 0 Å². The summed E-state index contributed by atoms with van der Waals surface area (Å²) in [6, 6.07) is 8.62. The van der Waals surface area contributed by atoms with E-state index in [0.717, 1.165) is 10.6 Å². The van der Waals surface area contributed by atoms with Gasteiger partial charge in [0, 0.05) is 5.56 Å². The number of aliphatic carboxylic acids is 1. The summed E-state index contributed by atoms with van der Waals surface area (Å²) in [5.41, 5.74) is 0.931. The van der Waals surface area contributed by atoms with Crippen molar-refractivity contribution in [3.8, 4) is 10.6 Å². The summed E-state index contributed by atoms with van der Waals surface area (Å²) < 4.78 is 0. The molecular weight excluding hydrogens is 288 g/mol. The van der Waals surface area contributed by atoms with Crippen molar-refractivity contribution < 1.29 is 14.7 Å². The average molecular weight is 304 g/mol. The monoisotopic (exact) mass is 304 g/mol. The van der Waals surface area contributed by atoms with Crippen LogP contribution in [-0.2, 0) is 4.79 Å². The molecule has 0 spiro atoms. The van der Waals surface area contributed by atoms with Crippen LogP contribution in [0.4, 0.5) is 0 Å². The molecule has 2 rings (SSSR count). The Morgan fingerprint density at radius 1 is 1.24 bits per heavy atom. The molecule has 1 unspecified atom stereocenters. The number of aromatic nitrogens is 1. The lowest BCUT2D eigenvalue weighted by atomic mass is 10.0. The van der Waals surface area contributed by atoms with Gasteiger partial charge in [-0.1, -0.05) is 44.2 Å². The van der Waals surface area contributed by atoms with Gasteiger partial charge in [-0.05, 0) is 5.92 Å². The van der Waals surface area contributed by atoms with Crippen molar-refractivity contribution in [2.24, 2.45) is 5.92 Å². The van der Waals surface area contributed by atoms with Crippen LogP contribution in [0.25, 0.3) is 10.6 Å². The molecule has 0 saturated heterocycles. The number of carboxylic acid groups (broad SMARTS) is 1. The zero-order chi connectivity index (χ0) is 15.4. The van der Waals surface area contributed by atoms with Crippen LogP contribution in [0.5, 0.6) is 0 Å². The molecule has 1 aromatic carbocycles. The molecule has 110 valence electrons. The Kier molecular flexibility index (Phi) is 4.70. The van der Waals surface area contributed by atoms with Gasteiger partial charge in [0.15, 0.2) is 0 Å². The minimum atomic E-state index is -1.04. The third-order valence-electron chi connectivity index (χ3n) is 2.97. The first-order valence-electron chi connectivity index (χ1n) is 6.54. The van der Waals surface area contributed by atoms with Crippen molar-refractivity contribution >= 4 is 23.2 Å². The number of carbonyl (C=O) groups is 2. The molecule has 2 N–H and O–H groups in total. The second kappa shape index (κ2) is 6.49. The molecule has 21 heavy (non-hydrogen) atoms. The summed E-state index contributed by atoms with van der Waals surface area (Å²) in [5, 5.41) is 12.4. The Morgan fingerprint density at radius 3 is 2.48 bits per heavy atom. The molecule has 0 radical (unpaired) electrons. The maximum absolute atomic E-state index is 12.1. The van der Waals surface area contributed by atoms with E-state index in [1.807, 2.05) is 30.3 Å². The summed E-state index contributed by atoms with van der Waals surface area (Å²) in [7, 11) is 0. The number of carboxylic acids is 1. The maximum atomic E-state index is 12.1. The van der Waals surface area contributed by atoms with E-state index in [1.165, 1.54) is 17.5 Å². The summed E-state index contributed by atoms with van der Waals surface area (Å²) in [5.74, 6) is -1.63. The predicted octanol–water partition coefficient (Wildman–Crippen LogP) is 2.65. The fourth-order valence-electron chi connectivity index (χ4n) is 1.82. The van der Waals surface area contributed by atoms with E-state index in [1.54, 1.807) is 13.8 Å². The van der Waals surface area contributed by atoms with E-state index in [9.17, 15) is 9.59 Å². The Labute approximate surface area is 126 Å². The normalized spacial score (nSPS) is 12.1. The van der Waals surface area contributed by atoms with Crippen LogP contribution in [-0.4, -0.2) is 28.0 Å². The first-order valence-corrected chi connectivity index (χ1v) is 7.35. The van der Waals surface area contributed by atoms with E-state index in [4.69, 9.17) is 5.11 Å². The van der Waals surface area contributed by atoms with Gasteiger partial charge < -0.3 is 10.4 Å². The molecule has 2 aromatic rings. The fourth-order valence-corrected chi connectivity index (χ4v) is 2.64. The summed E-state index contributed by atoms with van der Waals surface area (Å²) >= 11 is 1.24. The summed E-state index contributed by atoms with van der Waals surface area (Å²) in [6.45, 7) is 3.50. The highest BCUT2D eigenvalue weighted by Crippen LogP contribution is 2.24. The molecule has 0 aliphatic carbocycles. The van der Waals surface area contributed by atoms with E-state index in [-0.39, 0.29) is 5.92 Å². The van der Waals surface area contributed by atoms with Crippen molar-refractivity contribution in [3.05, 3.63) is 41.4 Å². The quantitative estimate of drug-likeness (QED) is 0.890. The number of nitrogens with zero attached hydrogens (tertiary/aromatic N) is 1. The van der Waals surface area contributed by atoms with E-state index < -0.39 is 17.9 Å². The highest BCUT2D eigenvalue weighted by Gasteiger charge is 2.24. The Morgan fingerprint density at radius 2 is 1.90 bits per heavy atom. The standard InChI is InChI=1S/C15H16N2O3S/c1-9(2)12(15(19)20)17-13(18)11-8-16-14(21-11)10-6-4-3-5-7-10/h3-9,12H,1-2H3,(H,17,18)(H,19,20). The molecular formula is C15H16N2O3S. The van der Waals surface area contributed by atoms with Crippen LogP contribution in [0.15, 0.2) is 36.5 Å². The van der Waals surface area contributed by atoms with E-state index in [2.05, 4.69) is 10.3 Å². The van der Waals surface area contributed by atoms with Crippen LogP contribution in [0.1, 0.15) is 23.5 Å². The summed E-state index contributed by atoms with van der Waals surface area (Å²) in [6.07, 6.45) is 1.47. The highest BCUT2D eigenvalue weighted by molar-refractivity contribution is 7.16. The van der Waals surface area contributed by atoms with Gasteiger partial charge in [0.25, 0.3) is 5.91 Å². The molecule has 1 amide bonds. The molecule has 0 saturated carbocycles. The summed E-state index contributed by atoms with van der Waals surface area (Å²) in [4.78, 5) is 27.8. The second-order valence-electron chi connectivity index (χ2n) is 4.93. The average Bonchev–Trinajstić information content (AvgIpc) is 2.94. The molecule has 6 heteroatoms. The zero-order valence-electron chi connectivity index (χ0n) is 11.7. The van der Waals surface area contributed by atoms with E-state index in [0.29, 0.717) is 4.88 Å². The molecule has 0 bridgehead atoms. The predicted molar refractivity (Wildman–Crippen MR) is 81.3 cm³/mol. The van der Waals surface area contributed by atoms with Gasteiger partial charge in [0.2, 0.25) is 0 Å². The molecule has 1 atom stereocenters. The first-order chi connectivity index (χ1) is 9.99. The Balaban J connectivity index is 2.14. The number of hydrogen-bond donors (Lipinski definition) is 2. The lowest BCUT2D eigenvalue weighted by Gasteiger charge is -2.17. The number of nitrogens with one attached hydrogen (secondary N) is 1. The van der Waals surface area contributed by atoms with Crippen LogP contribution >= 0.6 is 11.3 Å². The van der Waals surface area contributed by atoms with Crippen LogP contribution in [0.3, 0.4) is 0 Å². The van der Waals surface area contributed by atoms with Gasteiger partial charge in [-0.25, -0.2) is 9.78 Å². The molecule has 5 nitrogen and oxygen atoms in total. The lowest BCUT2D eigenvalue weighted by molar-refractivity contribution is -0.140. The smallest absolute Gasteiger partial charge is 0.326 e. The van der Waals surface area contributed by atoms with Gasteiger partial charge in [0.1, 0.15) is 15.9 Å². The zero-order valence-corrected chi connectivity index (χ0v) is 12.6. The molecule has 1 aromatic heterocycles. The fraction of sp³-hybridized carbons (Fsp3) is 0.267. The third-order valence-corrected chi connectivity index (χ3v) is 4.01. The highest BCUT2D eigenvalue weighted by atomic mass is 32.1. The number of amides is 1. The number of hydrogen-bond acceptors (Lipinski definition) is 4. The Hall–Kier alpha value is -2.21. The van der Waals surface area contributed by atoms with Crippen LogP contribution in [0, 0.1) is 5.92 Å².